The van der Waals surface area contributed by atoms with Gasteiger partial charge in [-0.3, -0.25) is 9.69 Å². The summed E-state index contributed by atoms with van der Waals surface area (Å²) in [6.07, 6.45) is 1.09. The van der Waals surface area contributed by atoms with Crippen molar-refractivity contribution >= 4 is 5.97 Å². The number of aliphatic carboxylic acids is 1. The van der Waals surface area contributed by atoms with E-state index in [0.717, 1.165) is 28.3 Å². The Morgan fingerprint density at radius 3 is 2.45 bits per heavy atom. The first-order valence-corrected chi connectivity index (χ1v) is 9.56. The summed E-state index contributed by atoms with van der Waals surface area (Å²) in [6.45, 7) is 2.39. The Hall–Kier alpha value is -3.12. The Bertz CT molecular complexity index is 933. The predicted octanol–water partition coefficient (Wildman–Crippen LogP) is 3.83. The molecular weight excluding hydrogens is 368 g/mol. The average molecular weight is 394 g/mol. The van der Waals surface area contributed by atoms with Crippen molar-refractivity contribution in [1.29, 1.82) is 0 Å². The lowest BCUT2D eigenvalue weighted by molar-refractivity contribution is -0.142. The van der Waals surface area contributed by atoms with Gasteiger partial charge in [0.2, 0.25) is 5.89 Å². The third-order valence-corrected chi connectivity index (χ3v) is 4.78. The van der Waals surface area contributed by atoms with Crippen LogP contribution in [0.4, 0.5) is 0 Å². The lowest BCUT2D eigenvalue weighted by Crippen LogP contribution is -2.37. The van der Waals surface area contributed by atoms with Crippen LogP contribution in [0.1, 0.15) is 17.0 Å². The van der Waals surface area contributed by atoms with Crippen LogP contribution < -0.4 is 4.74 Å². The van der Waals surface area contributed by atoms with Gasteiger partial charge in [-0.1, -0.05) is 30.3 Å². The Balaban J connectivity index is 1.55. The fourth-order valence-electron chi connectivity index (χ4n) is 3.07. The highest BCUT2D eigenvalue weighted by atomic mass is 16.5. The van der Waals surface area contributed by atoms with Gasteiger partial charge in [0.15, 0.2) is 0 Å². The van der Waals surface area contributed by atoms with Crippen LogP contribution in [-0.4, -0.2) is 47.7 Å². The number of likely N-dealkylation sites (N-methyl/N-ethyl adjacent to an activating group) is 1. The second kappa shape index (κ2) is 9.39. The Morgan fingerprint density at radius 1 is 1.14 bits per heavy atom. The molecule has 29 heavy (non-hydrogen) atoms. The molecule has 0 saturated heterocycles. The fourth-order valence-corrected chi connectivity index (χ4v) is 3.07. The first-order chi connectivity index (χ1) is 13.9. The van der Waals surface area contributed by atoms with Crippen LogP contribution in [0.2, 0.25) is 0 Å². The van der Waals surface area contributed by atoms with E-state index < -0.39 is 12.0 Å². The van der Waals surface area contributed by atoms with Crippen LogP contribution in [0.25, 0.3) is 11.5 Å². The Kier molecular flexibility index (Phi) is 6.67. The molecule has 6 heteroatoms. The zero-order valence-electron chi connectivity index (χ0n) is 17.0. The van der Waals surface area contributed by atoms with Crippen LogP contribution in [0.15, 0.2) is 59.0 Å². The minimum Gasteiger partial charge on any atom is -0.493 e. The van der Waals surface area contributed by atoms with Gasteiger partial charge in [0, 0.05) is 12.0 Å². The summed E-state index contributed by atoms with van der Waals surface area (Å²) in [7, 11) is 3.54. The molecule has 0 fully saturated rings. The number of carboxylic acid groups (broad SMARTS) is 1. The summed E-state index contributed by atoms with van der Waals surface area (Å²) in [5.41, 5.74) is 2.80. The molecule has 1 N–H and O–H groups in total. The normalized spacial score (nSPS) is 12.1. The number of hydrogen-bond acceptors (Lipinski definition) is 5. The molecule has 0 spiro atoms. The van der Waals surface area contributed by atoms with Crippen molar-refractivity contribution in [2.24, 2.45) is 0 Å². The maximum atomic E-state index is 11.3. The van der Waals surface area contributed by atoms with Gasteiger partial charge in [-0.25, -0.2) is 4.98 Å². The van der Waals surface area contributed by atoms with Gasteiger partial charge in [-0.15, -0.1) is 0 Å². The lowest BCUT2D eigenvalue weighted by atomic mass is 10.1. The van der Waals surface area contributed by atoms with E-state index in [4.69, 9.17) is 9.15 Å². The van der Waals surface area contributed by atoms with Crippen molar-refractivity contribution in [2.75, 3.05) is 20.7 Å². The molecule has 3 rings (SSSR count). The minimum absolute atomic E-state index is 0.447. The fraction of sp³-hybridized carbons (Fsp3) is 0.304. The molecule has 3 aromatic rings. The van der Waals surface area contributed by atoms with Gasteiger partial charge in [-0.2, -0.15) is 0 Å². The second-order valence-electron chi connectivity index (χ2n) is 7.15. The number of aromatic nitrogens is 1. The predicted molar refractivity (Wildman–Crippen MR) is 111 cm³/mol. The number of carboxylic acids is 1. The van der Waals surface area contributed by atoms with E-state index in [-0.39, 0.29) is 0 Å². The highest BCUT2D eigenvalue weighted by Gasteiger charge is 2.20. The topological polar surface area (TPSA) is 75.8 Å². The molecule has 1 heterocycles. The van der Waals surface area contributed by atoms with E-state index in [0.29, 0.717) is 25.3 Å². The monoisotopic (exact) mass is 394 g/mol. The number of hydrogen-bond donors (Lipinski definition) is 1. The maximum Gasteiger partial charge on any atom is 0.321 e. The molecule has 1 atom stereocenters. The summed E-state index contributed by atoms with van der Waals surface area (Å²) in [5.74, 6) is 1.34. The lowest BCUT2D eigenvalue weighted by Gasteiger charge is -2.20. The largest absolute Gasteiger partial charge is 0.493 e. The zero-order chi connectivity index (χ0) is 20.8. The molecule has 0 aliphatic rings. The number of benzene rings is 2. The highest BCUT2D eigenvalue weighted by molar-refractivity contribution is 5.73. The van der Waals surface area contributed by atoms with Gasteiger partial charge in [0.25, 0.3) is 0 Å². The van der Waals surface area contributed by atoms with Gasteiger partial charge < -0.3 is 14.3 Å². The minimum atomic E-state index is -0.826. The first kappa shape index (κ1) is 20.6. The molecular formula is C23H26N2O4. The Morgan fingerprint density at radius 2 is 1.83 bits per heavy atom. The molecule has 0 bridgehead atoms. The van der Waals surface area contributed by atoms with Gasteiger partial charge in [0.1, 0.15) is 17.6 Å². The molecule has 6 nitrogen and oxygen atoms in total. The summed E-state index contributed by atoms with van der Waals surface area (Å²) in [6, 6.07) is 16.8. The van der Waals surface area contributed by atoms with Gasteiger partial charge in [-0.05, 0) is 57.3 Å². The molecule has 2 aromatic carbocycles. The molecule has 1 aromatic heterocycles. The van der Waals surface area contributed by atoms with Crippen molar-refractivity contribution < 1.29 is 19.1 Å². The number of rotatable bonds is 9. The number of aryl methyl sites for hydroxylation is 1. The molecule has 0 saturated carbocycles. The van der Waals surface area contributed by atoms with E-state index in [1.165, 1.54) is 0 Å². The number of carbonyl (C=O) groups is 1. The summed E-state index contributed by atoms with van der Waals surface area (Å²) in [5, 5.41) is 9.30. The van der Waals surface area contributed by atoms with E-state index in [1.54, 1.807) is 19.0 Å². The number of ether oxygens (including phenoxy) is 1. The average Bonchev–Trinajstić information content (AvgIpc) is 3.08. The zero-order valence-corrected chi connectivity index (χ0v) is 17.0. The van der Waals surface area contributed by atoms with Crippen molar-refractivity contribution in [1.82, 2.24) is 9.88 Å². The van der Waals surface area contributed by atoms with Crippen molar-refractivity contribution in [3.63, 3.8) is 0 Å². The van der Waals surface area contributed by atoms with E-state index in [9.17, 15) is 9.90 Å². The third kappa shape index (κ3) is 5.45. The quantitative estimate of drug-likeness (QED) is 0.594. The molecule has 0 aliphatic carbocycles. The molecule has 0 unspecified atom stereocenters. The highest BCUT2D eigenvalue weighted by Crippen LogP contribution is 2.22. The van der Waals surface area contributed by atoms with Gasteiger partial charge in [0.05, 0.1) is 12.3 Å². The van der Waals surface area contributed by atoms with Gasteiger partial charge >= 0.3 is 5.97 Å². The maximum absolute atomic E-state index is 11.3. The summed E-state index contributed by atoms with van der Waals surface area (Å²) in [4.78, 5) is 17.6. The van der Waals surface area contributed by atoms with Crippen molar-refractivity contribution in [3.05, 3.63) is 71.6 Å². The van der Waals surface area contributed by atoms with Crippen LogP contribution in [0.3, 0.4) is 0 Å². The van der Waals surface area contributed by atoms with E-state index >= 15 is 0 Å². The Labute approximate surface area is 170 Å². The van der Waals surface area contributed by atoms with E-state index in [2.05, 4.69) is 4.98 Å². The molecule has 0 amide bonds. The van der Waals surface area contributed by atoms with Crippen LogP contribution in [-0.2, 0) is 17.6 Å². The standard InChI is InChI=1S/C23H26N2O4/c1-16-20(24-22(29-16)18-7-5-4-6-8-18)13-14-28-19-11-9-17(10-12-19)15-21(23(26)27)25(2)3/h4-12,21H,13-15H2,1-3H3,(H,26,27)/t21-/m0/s1. The number of oxazole rings is 1. The third-order valence-electron chi connectivity index (χ3n) is 4.78. The first-order valence-electron chi connectivity index (χ1n) is 9.56. The SMILES string of the molecule is Cc1oc(-c2ccccc2)nc1CCOc1ccc(C[C@@H](C(=O)O)N(C)C)cc1. The molecule has 152 valence electrons. The summed E-state index contributed by atoms with van der Waals surface area (Å²) >= 11 is 0. The number of nitrogens with zero attached hydrogens (tertiary/aromatic N) is 2. The van der Waals surface area contributed by atoms with E-state index in [1.807, 2.05) is 61.5 Å². The van der Waals surface area contributed by atoms with Crippen molar-refractivity contribution in [3.8, 4) is 17.2 Å². The van der Waals surface area contributed by atoms with Crippen LogP contribution >= 0.6 is 0 Å². The molecule has 0 radical (unpaired) electrons. The van der Waals surface area contributed by atoms with Crippen LogP contribution in [0, 0.1) is 6.92 Å². The summed E-state index contributed by atoms with van der Waals surface area (Å²) < 4.78 is 11.6. The van der Waals surface area contributed by atoms with Crippen LogP contribution in [0.5, 0.6) is 5.75 Å². The molecule has 0 aliphatic heterocycles. The smallest absolute Gasteiger partial charge is 0.321 e. The second-order valence-corrected chi connectivity index (χ2v) is 7.15. The van der Waals surface area contributed by atoms with Crippen molar-refractivity contribution in [2.45, 2.75) is 25.8 Å².